The number of rotatable bonds is 6. The average Bonchev–Trinajstić information content (AvgIpc) is 2.88. The van der Waals surface area contributed by atoms with E-state index < -0.39 is 41.4 Å². The van der Waals surface area contributed by atoms with Crippen LogP contribution < -0.4 is 20.1 Å². The van der Waals surface area contributed by atoms with Crippen molar-refractivity contribution in [3.05, 3.63) is 46.9 Å². The minimum Gasteiger partial charge on any atom is -0.493 e. The van der Waals surface area contributed by atoms with Crippen molar-refractivity contribution in [1.82, 2.24) is 15.3 Å². The number of hydrogen-bond acceptors (Lipinski definition) is 15. The van der Waals surface area contributed by atoms with Crippen LogP contribution in [0.3, 0.4) is 0 Å². The zero-order chi connectivity index (χ0) is 30.3. The maximum Gasteiger partial charge on any atom is 0.287 e. The van der Waals surface area contributed by atoms with Crippen LogP contribution in [0.1, 0.15) is 13.8 Å². The van der Waals surface area contributed by atoms with Gasteiger partial charge in [0.25, 0.3) is 23.4 Å². The van der Waals surface area contributed by atoms with Gasteiger partial charge in [0.05, 0.1) is 18.3 Å². The lowest BCUT2D eigenvalue weighted by Gasteiger charge is -2.58. The summed E-state index contributed by atoms with van der Waals surface area (Å²) in [4.78, 5) is 8.14. The molecule has 2 heterocycles. The first-order valence-corrected chi connectivity index (χ1v) is 12.2. The van der Waals surface area contributed by atoms with Crippen molar-refractivity contribution in [1.29, 1.82) is 0 Å². The number of piperidine rings is 1. The molecule has 0 atom stereocenters. The van der Waals surface area contributed by atoms with Crippen molar-refractivity contribution in [2.75, 3.05) is 19.0 Å². The lowest BCUT2D eigenvalue weighted by molar-refractivity contribution is -0.551. The molecule has 15 nitrogen and oxygen atoms in total. The standard InChI is InChI=1S/C21H22BrFN4O11.C2H6/c1-37-14-5-10-13(24-8-25-16(10)26-12-3-2-9(22)4-11(12)23)6-15(14)38-7-17(28)18(29,30)20(33,34)27-21(35,36)19(17,31)32;1-2/h2-6,8,27-36H,7H2,1H3,(H,24,25,26);1-2H3. The van der Waals surface area contributed by atoms with Gasteiger partial charge in [-0.2, -0.15) is 0 Å². The van der Waals surface area contributed by atoms with Crippen molar-refractivity contribution < 1.29 is 59.8 Å². The van der Waals surface area contributed by atoms with Crippen LogP contribution in [0.25, 0.3) is 10.9 Å². The second kappa shape index (κ2) is 10.9. The molecule has 0 aliphatic carbocycles. The Bertz CT molecular complexity index is 1360. The number of halogens is 2. The highest BCUT2D eigenvalue weighted by Crippen LogP contribution is 2.45. The molecule has 11 N–H and O–H groups in total. The molecule has 4 rings (SSSR count). The molecule has 0 unspecified atom stereocenters. The van der Waals surface area contributed by atoms with E-state index in [2.05, 4.69) is 31.2 Å². The minimum absolute atomic E-state index is 0.0815. The molecular formula is C23H28BrFN4O11. The zero-order valence-electron chi connectivity index (χ0n) is 21.2. The molecule has 220 valence electrons. The maximum absolute atomic E-state index is 14.3. The summed E-state index contributed by atoms with van der Waals surface area (Å²) < 4.78 is 25.4. The van der Waals surface area contributed by atoms with E-state index in [9.17, 15) is 50.3 Å². The predicted molar refractivity (Wildman–Crippen MR) is 137 cm³/mol. The molecule has 2 aromatic carbocycles. The van der Waals surface area contributed by atoms with Gasteiger partial charge in [0.2, 0.25) is 5.60 Å². The Balaban J connectivity index is 0.00000216. The smallest absolute Gasteiger partial charge is 0.287 e. The number of hydrogen-bond donors (Lipinski definition) is 11. The lowest BCUT2D eigenvalue weighted by Crippen LogP contribution is -2.93. The molecule has 0 saturated carbocycles. The molecule has 0 amide bonds. The fourth-order valence-electron chi connectivity index (χ4n) is 3.77. The van der Waals surface area contributed by atoms with Gasteiger partial charge in [-0.3, -0.25) is 0 Å². The SMILES string of the molecule is CC.COc1cc2c(Nc3ccc(Br)cc3F)ncnc2cc1OCC1(O)C(O)(O)C(O)(O)NC(O)(O)C1(O)O. The summed E-state index contributed by atoms with van der Waals surface area (Å²) in [6.07, 6.45) is 1.12. The molecule has 1 aliphatic rings. The van der Waals surface area contributed by atoms with Crippen LogP contribution in [0, 0.1) is 5.82 Å². The summed E-state index contributed by atoms with van der Waals surface area (Å²) in [6, 6.07) is 6.79. The third-order valence-corrected chi connectivity index (χ3v) is 6.51. The number of aromatic nitrogens is 2. The number of ether oxygens (including phenoxy) is 2. The highest BCUT2D eigenvalue weighted by molar-refractivity contribution is 9.10. The van der Waals surface area contributed by atoms with Crippen LogP contribution in [0.5, 0.6) is 11.5 Å². The molecule has 0 bridgehead atoms. The lowest BCUT2D eigenvalue weighted by atomic mass is 9.76. The predicted octanol–water partition coefficient (Wildman–Crippen LogP) is -1.34. The molecule has 1 aromatic heterocycles. The Morgan fingerprint density at radius 1 is 0.900 bits per heavy atom. The van der Waals surface area contributed by atoms with Crippen LogP contribution in [-0.2, 0) is 0 Å². The Hall–Kier alpha value is -2.81. The normalized spacial score (nSPS) is 19.8. The van der Waals surface area contributed by atoms with E-state index in [1.54, 1.807) is 6.07 Å². The van der Waals surface area contributed by atoms with E-state index in [1.807, 2.05) is 13.8 Å². The summed E-state index contributed by atoms with van der Waals surface area (Å²) in [5.41, 5.74) is -3.77. The van der Waals surface area contributed by atoms with Gasteiger partial charge >= 0.3 is 0 Å². The number of fused-ring (bicyclic) bond motifs is 1. The van der Waals surface area contributed by atoms with Crippen molar-refractivity contribution in [2.45, 2.75) is 42.8 Å². The van der Waals surface area contributed by atoms with Gasteiger partial charge in [0.15, 0.2) is 11.5 Å². The van der Waals surface area contributed by atoms with Gasteiger partial charge in [-0.05, 0) is 24.3 Å². The number of anilines is 2. The summed E-state index contributed by atoms with van der Waals surface area (Å²) in [5, 5.41) is 95.0. The molecule has 3 aromatic rings. The first-order valence-electron chi connectivity index (χ1n) is 11.5. The third kappa shape index (κ3) is 5.06. The van der Waals surface area contributed by atoms with Crippen molar-refractivity contribution in [3.8, 4) is 11.5 Å². The van der Waals surface area contributed by atoms with Gasteiger partial charge in [-0.15, -0.1) is 0 Å². The van der Waals surface area contributed by atoms with Gasteiger partial charge < -0.3 is 60.7 Å². The highest BCUT2D eigenvalue weighted by atomic mass is 79.9. The van der Waals surface area contributed by atoms with E-state index >= 15 is 0 Å². The van der Waals surface area contributed by atoms with Crippen molar-refractivity contribution >= 4 is 38.3 Å². The fourth-order valence-corrected chi connectivity index (χ4v) is 4.11. The Morgan fingerprint density at radius 3 is 2.05 bits per heavy atom. The second-order valence-electron chi connectivity index (χ2n) is 8.45. The zero-order valence-corrected chi connectivity index (χ0v) is 22.7. The number of aliphatic hydroxyl groups is 9. The topological polar surface area (TPSA) is 250 Å². The molecule has 0 spiro atoms. The highest BCUT2D eigenvalue weighted by Gasteiger charge is 2.82. The van der Waals surface area contributed by atoms with E-state index in [1.165, 1.54) is 31.4 Å². The van der Waals surface area contributed by atoms with E-state index in [0.29, 0.717) is 4.47 Å². The number of methoxy groups -OCH3 is 1. The van der Waals surface area contributed by atoms with Crippen LogP contribution in [0.4, 0.5) is 15.9 Å². The molecule has 1 aliphatic heterocycles. The molecule has 1 saturated heterocycles. The van der Waals surface area contributed by atoms with E-state index in [4.69, 9.17) is 9.47 Å². The van der Waals surface area contributed by atoms with Crippen LogP contribution in [0.2, 0.25) is 0 Å². The van der Waals surface area contributed by atoms with Gasteiger partial charge in [0, 0.05) is 15.9 Å². The monoisotopic (exact) mass is 634 g/mol. The Kier molecular flexibility index (Phi) is 8.62. The summed E-state index contributed by atoms with van der Waals surface area (Å²) in [6.45, 7) is 2.41. The first kappa shape index (κ1) is 31.7. The average molecular weight is 635 g/mol. The Labute approximate surface area is 233 Å². The fraction of sp³-hybridized carbons (Fsp3) is 0.391. The number of benzene rings is 2. The second-order valence-corrected chi connectivity index (χ2v) is 9.37. The quantitative estimate of drug-likeness (QED) is 0.140. The van der Waals surface area contributed by atoms with Gasteiger partial charge in [-0.25, -0.2) is 19.7 Å². The number of nitrogens with one attached hydrogen (secondary N) is 2. The molecular weight excluding hydrogens is 607 g/mol. The minimum atomic E-state index is -4.27. The van der Waals surface area contributed by atoms with Crippen LogP contribution in [0.15, 0.2) is 41.1 Å². The largest absolute Gasteiger partial charge is 0.493 e. The molecule has 0 radical (unpaired) electrons. The summed E-state index contributed by atoms with van der Waals surface area (Å²) in [5.74, 6) is -17.6. The van der Waals surface area contributed by atoms with Crippen LogP contribution in [-0.4, -0.2) is 98.6 Å². The molecule has 1 fully saturated rings. The first-order chi connectivity index (χ1) is 18.5. The summed E-state index contributed by atoms with van der Waals surface area (Å²) >= 11 is 3.16. The Morgan fingerprint density at radius 2 is 1.50 bits per heavy atom. The van der Waals surface area contributed by atoms with Crippen molar-refractivity contribution in [2.24, 2.45) is 0 Å². The van der Waals surface area contributed by atoms with Gasteiger partial charge in [-0.1, -0.05) is 29.8 Å². The summed E-state index contributed by atoms with van der Waals surface area (Å²) in [7, 11) is 1.20. The molecule has 40 heavy (non-hydrogen) atoms. The van der Waals surface area contributed by atoms with E-state index in [0.717, 1.165) is 11.6 Å². The third-order valence-electron chi connectivity index (χ3n) is 6.02. The van der Waals surface area contributed by atoms with Crippen LogP contribution >= 0.6 is 15.9 Å². The van der Waals surface area contributed by atoms with E-state index in [-0.39, 0.29) is 33.9 Å². The number of nitrogens with zero attached hydrogens (tertiary/aromatic N) is 2. The van der Waals surface area contributed by atoms with Crippen molar-refractivity contribution in [3.63, 3.8) is 0 Å². The maximum atomic E-state index is 14.3. The molecule has 17 heteroatoms. The van der Waals surface area contributed by atoms with Gasteiger partial charge in [0.1, 0.15) is 24.6 Å².